The fraction of sp³-hybridized carbons (Fsp3) is 0.533. The van der Waals surface area contributed by atoms with Crippen LogP contribution in [0.5, 0.6) is 5.75 Å². The summed E-state index contributed by atoms with van der Waals surface area (Å²) in [7, 11) is 3.70. The number of benzene rings is 1. The second kappa shape index (κ2) is 10.5. The van der Waals surface area contributed by atoms with E-state index < -0.39 is 0 Å². The normalized spacial score (nSPS) is 11.3. The lowest BCUT2D eigenvalue weighted by Gasteiger charge is -2.21. The van der Waals surface area contributed by atoms with Crippen LogP contribution in [-0.2, 0) is 4.79 Å². The van der Waals surface area contributed by atoms with Crippen LogP contribution in [0, 0.1) is 5.92 Å². The molecule has 20 heavy (non-hydrogen) atoms. The van der Waals surface area contributed by atoms with Gasteiger partial charge in [0.25, 0.3) is 0 Å². The highest BCUT2D eigenvalue weighted by atomic mass is 35.5. The van der Waals surface area contributed by atoms with Crippen LogP contribution in [-0.4, -0.2) is 44.6 Å². The molecule has 0 aliphatic rings. The lowest BCUT2D eigenvalue weighted by atomic mass is 10.1. The van der Waals surface area contributed by atoms with Gasteiger partial charge in [-0.05, 0) is 25.6 Å². The van der Waals surface area contributed by atoms with Gasteiger partial charge in [-0.3, -0.25) is 4.79 Å². The Hall–Kier alpha value is -1.26. The molecule has 1 aromatic carbocycles. The molecule has 1 amide bonds. The van der Waals surface area contributed by atoms with Crippen LogP contribution in [0.1, 0.15) is 13.3 Å². The number of carbonyl (C=O) groups excluding carboxylic acids is 1. The quantitative estimate of drug-likeness (QED) is 0.748. The third kappa shape index (κ3) is 6.78. The van der Waals surface area contributed by atoms with E-state index in [0.29, 0.717) is 13.2 Å². The molecule has 0 bridgehead atoms. The van der Waals surface area contributed by atoms with Gasteiger partial charge in [-0.25, -0.2) is 0 Å². The van der Waals surface area contributed by atoms with Crippen LogP contribution in [0.15, 0.2) is 30.3 Å². The number of halogens is 1. The third-order valence-corrected chi connectivity index (χ3v) is 2.96. The monoisotopic (exact) mass is 300 g/mol. The lowest BCUT2D eigenvalue weighted by Crippen LogP contribution is -2.36. The molecule has 0 saturated heterocycles. The molecular formula is C15H25ClN2O2. The van der Waals surface area contributed by atoms with Crippen LogP contribution >= 0.6 is 12.4 Å². The van der Waals surface area contributed by atoms with E-state index in [1.54, 1.807) is 4.90 Å². The topological polar surface area (TPSA) is 41.6 Å². The number of amides is 1. The fourth-order valence-electron chi connectivity index (χ4n) is 1.89. The maximum atomic E-state index is 11.9. The average Bonchev–Trinajstić information content (AvgIpc) is 2.44. The summed E-state index contributed by atoms with van der Waals surface area (Å²) in [5.74, 6) is 1.07. The molecule has 0 aliphatic heterocycles. The van der Waals surface area contributed by atoms with Crippen molar-refractivity contribution in [1.29, 1.82) is 0 Å². The number of hydrogen-bond acceptors (Lipinski definition) is 3. The van der Waals surface area contributed by atoms with Crippen LogP contribution in [0.2, 0.25) is 0 Å². The summed E-state index contributed by atoms with van der Waals surface area (Å²) in [5.41, 5.74) is 0. The molecule has 0 aliphatic carbocycles. The van der Waals surface area contributed by atoms with Gasteiger partial charge in [0.1, 0.15) is 5.75 Å². The number of nitrogens with zero attached hydrogens (tertiary/aromatic N) is 1. The van der Waals surface area contributed by atoms with Gasteiger partial charge in [0.2, 0.25) is 5.91 Å². The molecule has 0 saturated carbocycles. The van der Waals surface area contributed by atoms with Crippen molar-refractivity contribution < 1.29 is 9.53 Å². The smallest absolute Gasteiger partial charge is 0.226 e. The molecule has 0 aromatic heterocycles. The van der Waals surface area contributed by atoms with E-state index in [1.807, 2.05) is 51.4 Å². The summed E-state index contributed by atoms with van der Waals surface area (Å²) in [6, 6.07) is 9.73. The summed E-state index contributed by atoms with van der Waals surface area (Å²) in [4.78, 5) is 13.7. The summed E-state index contributed by atoms with van der Waals surface area (Å²) < 4.78 is 5.59. The van der Waals surface area contributed by atoms with Crippen LogP contribution in [0.25, 0.3) is 0 Å². The third-order valence-electron chi connectivity index (χ3n) is 2.96. The van der Waals surface area contributed by atoms with E-state index in [4.69, 9.17) is 4.74 Å². The van der Waals surface area contributed by atoms with E-state index >= 15 is 0 Å². The van der Waals surface area contributed by atoms with Gasteiger partial charge in [-0.1, -0.05) is 25.1 Å². The van der Waals surface area contributed by atoms with Crippen LogP contribution in [0.4, 0.5) is 0 Å². The molecular weight excluding hydrogens is 276 g/mol. The Balaban J connectivity index is 0.00000361. The van der Waals surface area contributed by atoms with E-state index in [9.17, 15) is 4.79 Å². The first-order valence-electron chi connectivity index (χ1n) is 6.72. The van der Waals surface area contributed by atoms with Crippen molar-refractivity contribution in [1.82, 2.24) is 10.2 Å². The SMILES string of the molecule is CNCC(C)C(=O)N(C)CCCOc1ccccc1.Cl. The molecule has 0 radical (unpaired) electrons. The van der Waals surface area contributed by atoms with Crippen molar-refractivity contribution in [2.24, 2.45) is 5.92 Å². The molecule has 1 aromatic rings. The van der Waals surface area contributed by atoms with Crippen molar-refractivity contribution in [3.63, 3.8) is 0 Å². The van der Waals surface area contributed by atoms with Crippen molar-refractivity contribution in [2.45, 2.75) is 13.3 Å². The summed E-state index contributed by atoms with van der Waals surface area (Å²) in [6.07, 6.45) is 0.837. The fourth-order valence-corrected chi connectivity index (χ4v) is 1.89. The first kappa shape index (κ1) is 18.7. The van der Waals surface area contributed by atoms with E-state index in [0.717, 1.165) is 18.7 Å². The number of hydrogen-bond donors (Lipinski definition) is 1. The Kier molecular flexibility index (Phi) is 9.86. The summed E-state index contributed by atoms with van der Waals surface area (Å²) in [6.45, 7) is 4.00. The molecule has 0 heterocycles. The predicted molar refractivity (Wildman–Crippen MR) is 84.5 cm³/mol. The highest BCUT2D eigenvalue weighted by molar-refractivity contribution is 5.85. The van der Waals surface area contributed by atoms with Crippen LogP contribution in [0.3, 0.4) is 0 Å². The van der Waals surface area contributed by atoms with Gasteiger partial charge in [0.15, 0.2) is 0 Å². The number of nitrogens with one attached hydrogen (secondary N) is 1. The first-order chi connectivity index (χ1) is 9.15. The molecule has 1 unspecified atom stereocenters. The molecule has 5 heteroatoms. The Morgan fingerprint density at radius 2 is 2.00 bits per heavy atom. The van der Waals surface area contributed by atoms with Gasteiger partial charge in [0.05, 0.1) is 6.61 Å². The van der Waals surface area contributed by atoms with E-state index in [2.05, 4.69) is 5.32 Å². The summed E-state index contributed by atoms with van der Waals surface area (Å²) >= 11 is 0. The Morgan fingerprint density at radius 3 is 2.60 bits per heavy atom. The lowest BCUT2D eigenvalue weighted by molar-refractivity contribution is -0.133. The second-order valence-corrected chi connectivity index (χ2v) is 4.73. The minimum atomic E-state index is 0. The number of rotatable bonds is 8. The zero-order valence-electron chi connectivity index (χ0n) is 12.5. The molecule has 1 atom stereocenters. The second-order valence-electron chi connectivity index (χ2n) is 4.73. The number of ether oxygens (including phenoxy) is 1. The van der Waals surface area contributed by atoms with Crippen molar-refractivity contribution >= 4 is 18.3 Å². The highest BCUT2D eigenvalue weighted by Gasteiger charge is 2.15. The van der Waals surface area contributed by atoms with Crippen molar-refractivity contribution in [3.8, 4) is 5.75 Å². The standard InChI is InChI=1S/C15H24N2O2.ClH/c1-13(12-16-2)15(18)17(3)10-7-11-19-14-8-5-4-6-9-14;/h4-6,8-9,13,16H,7,10-12H2,1-3H3;1H. The minimum Gasteiger partial charge on any atom is -0.494 e. The largest absolute Gasteiger partial charge is 0.494 e. The Morgan fingerprint density at radius 1 is 1.35 bits per heavy atom. The van der Waals surface area contributed by atoms with E-state index in [1.165, 1.54) is 0 Å². The van der Waals surface area contributed by atoms with Gasteiger partial charge in [0, 0.05) is 26.1 Å². The predicted octanol–water partition coefficient (Wildman–Crippen LogP) is 2.19. The van der Waals surface area contributed by atoms with Crippen molar-refractivity contribution in [2.75, 3.05) is 33.8 Å². The maximum absolute atomic E-state index is 11.9. The summed E-state index contributed by atoms with van der Waals surface area (Å²) in [5, 5.41) is 3.02. The molecule has 0 fully saturated rings. The van der Waals surface area contributed by atoms with E-state index in [-0.39, 0.29) is 24.2 Å². The highest BCUT2D eigenvalue weighted by Crippen LogP contribution is 2.08. The number of para-hydroxylation sites is 1. The molecule has 0 spiro atoms. The average molecular weight is 301 g/mol. The first-order valence-corrected chi connectivity index (χ1v) is 6.72. The zero-order valence-corrected chi connectivity index (χ0v) is 13.3. The molecule has 4 nitrogen and oxygen atoms in total. The Labute approximate surface area is 127 Å². The molecule has 1 N–H and O–H groups in total. The van der Waals surface area contributed by atoms with Gasteiger partial charge >= 0.3 is 0 Å². The molecule has 114 valence electrons. The number of carbonyl (C=O) groups is 1. The zero-order chi connectivity index (χ0) is 14.1. The maximum Gasteiger partial charge on any atom is 0.226 e. The van der Waals surface area contributed by atoms with Gasteiger partial charge in [-0.15, -0.1) is 12.4 Å². The van der Waals surface area contributed by atoms with Gasteiger partial charge < -0.3 is 15.0 Å². The van der Waals surface area contributed by atoms with Crippen molar-refractivity contribution in [3.05, 3.63) is 30.3 Å². The Bertz CT molecular complexity index is 373. The molecule has 1 rings (SSSR count). The van der Waals surface area contributed by atoms with Crippen LogP contribution < -0.4 is 10.1 Å². The minimum absolute atomic E-state index is 0. The van der Waals surface area contributed by atoms with Gasteiger partial charge in [-0.2, -0.15) is 0 Å².